The highest BCUT2D eigenvalue weighted by Crippen LogP contribution is 2.15. The molecule has 98 valence electrons. The highest BCUT2D eigenvalue weighted by molar-refractivity contribution is 9.10. The number of hydrogen-bond donors (Lipinski definition) is 1. The van der Waals surface area contributed by atoms with Gasteiger partial charge in [-0.15, -0.1) is 0 Å². The third kappa shape index (κ3) is 3.28. The maximum atomic E-state index is 13.6. The van der Waals surface area contributed by atoms with Crippen molar-refractivity contribution in [3.63, 3.8) is 0 Å². The molecule has 1 saturated heterocycles. The maximum Gasteiger partial charge on any atom is 0.268 e. The zero-order chi connectivity index (χ0) is 13.1. The van der Waals surface area contributed by atoms with Crippen molar-refractivity contribution in [2.24, 2.45) is 0 Å². The summed E-state index contributed by atoms with van der Waals surface area (Å²) in [6, 6.07) is 4.42. The molecular formula is C12H15BrFN3O. The Morgan fingerprint density at radius 1 is 1.33 bits per heavy atom. The molecular weight excluding hydrogens is 301 g/mol. The van der Waals surface area contributed by atoms with Crippen molar-refractivity contribution in [1.29, 1.82) is 0 Å². The van der Waals surface area contributed by atoms with E-state index in [1.807, 2.05) is 12.1 Å². The fraction of sp³-hybridized carbons (Fsp3) is 0.417. The number of hydrazine groups is 1. The van der Waals surface area contributed by atoms with Crippen LogP contribution in [0.2, 0.25) is 0 Å². The highest BCUT2D eigenvalue weighted by Gasteiger charge is 2.18. The minimum absolute atomic E-state index is 0.0668. The summed E-state index contributed by atoms with van der Waals surface area (Å²) in [5.74, 6) is -0.916. The number of nitrogens with one attached hydrogen (secondary N) is 1. The minimum Gasteiger partial charge on any atom is -0.304 e. The van der Waals surface area contributed by atoms with Gasteiger partial charge in [0.05, 0.1) is 5.56 Å². The number of hydrogen-bond acceptors (Lipinski definition) is 3. The SMILES string of the molecule is CN1CCN(NC(=O)c2ccc(Br)cc2F)CC1. The average molecular weight is 316 g/mol. The second-order valence-corrected chi connectivity index (χ2v) is 5.27. The van der Waals surface area contributed by atoms with Crippen LogP contribution in [-0.4, -0.2) is 49.0 Å². The number of benzene rings is 1. The smallest absolute Gasteiger partial charge is 0.268 e. The molecule has 0 aliphatic carbocycles. The van der Waals surface area contributed by atoms with E-state index in [0.717, 1.165) is 26.2 Å². The average Bonchev–Trinajstić information content (AvgIpc) is 2.32. The summed E-state index contributed by atoms with van der Waals surface area (Å²) in [4.78, 5) is 14.1. The van der Waals surface area contributed by atoms with Gasteiger partial charge >= 0.3 is 0 Å². The summed E-state index contributed by atoms with van der Waals surface area (Å²) in [6.45, 7) is 3.28. The Balaban J connectivity index is 1.99. The van der Waals surface area contributed by atoms with Gasteiger partial charge in [0, 0.05) is 30.7 Å². The van der Waals surface area contributed by atoms with Crippen molar-refractivity contribution in [1.82, 2.24) is 15.3 Å². The van der Waals surface area contributed by atoms with E-state index >= 15 is 0 Å². The molecule has 18 heavy (non-hydrogen) atoms. The summed E-state index contributed by atoms with van der Waals surface area (Å²) >= 11 is 3.16. The Bertz CT molecular complexity index is 447. The molecule has 1 fully saturated rings. The van der Waals surface area contributed by atoms with Crippen molar-refractivity contribution in [3.05, 3.63) is 34.1 Å². The number of rotatable bonds is 2. The van der Waals surface area contributed by atoms with Crippen LogP contribution in [0.15, 0.2) is 22.7 Å². The van der Waals surface area contributed by atoms with E-state index in [0.29, 0.717) is 4.47 Å². The molecule has 4 nitrogen and oxygen atoms in total. The van der Waals surface area contributed by atoms with E-state index in [1.165, 1.54) is 12.1 Å². The van der Waals surface area contributed by atoms with Crippen molar-refractivity contribution in [3.8, 4) is 0 Å². The van der Waals surface area contributed by atoms with Gasteiger partial charge in [-0.3, -0.25) is 10.2 Å². The number of carbonyl (C=O) groups is 1. The van der Waals surface area contributed by atoms with Crippen LogP contribution in [0.25, 0.3) is 0 Å². The van der Waals surface area contributed by atoms with Crippen LogP contribution in [0, 0.1) is 5.82 Å². The molecule has 1 heterocycles. The maximum absolute atomic E-state index is 13.6. The van der Waals surface area contributed by atoms with Gasteiger partial charge in [0.15, 0.2) is 0 Å². The molecule has 2 rings (SSSR count). The Morgan fingerprint density at radius 2 is 2.00 bits per heavy atom. The van der Waals surface area contributed by atoms with E-state index in [4.69, 9.17) is 0 Å². The van der Waals surface area contributed by atoms with E-state index < -0.39 is 11.7 Å². The molecule has 6 heteroatoms. The lowest BCUT2D eigenvalue weighted by Crippen LogP contribution is -2.52. The lowest BCUT2D eigenvalue weighted by atomic mass is 10.2. The third-order valence-electron chi connectivity index (χ3n) is 2.94. The molecule has 1 aromatic carbocycles. The number of amides is 1. The number of carbonyl (C=O) groups excluding carboxylic acids is 1. The summed E-state index contributed by atoms with van der Waals surface area (Å²) in [5.41, 5.74) is 2.80. The van der Waals surface area contributed by atoms with Crippen LogP contribution in [-0.2, 0) is 0 Å². The molecule has 0 saturated carbocycles. The second kappa shape index (κ2) is 5.77. The Kier molecular flexibility index (Phi) is 4.31. The van der Waals surface area contributed by atoms with Gasteiger partial charge in [-0.25, -0.2) is 9.40 Å². The van der Waals surface area contributed by atoms with Gasteiger partial charge in [-0.05, 0) is 25.2 Å². The number of piperazine rings is 1. The van der Waals surface area contributed by atoms with Crippen molar-refractivity contribution < 1.29 is 9.18 Å². The predicted octanol–water partition coefficient (Wildman–Crippen LogP) is 1.48. The molecule has 1 amide bonds. The van der Waals surface area contributed by atoms with Crippen molar-refractivity contribution >= 4 is 21.8 Å². The van der Waals surface area contributed by atoms with Crippen molar-refractivity contribution in [2.45, 2.75) is 0 Å². The lowest BCUT2D eigenvalue weighted by molar-refractivity contribution is 0.0658. The fourth-order valence-corrected chi connectivity index (χ4v) is 2.13. The van der Waals surface area contributed by atoms with Crippen LogP contribution in [0.3, 0.4) is 0 Å². The minimum atomic E-state index is -0.518. The van der Waals surface area contributed by atoms with Gasteiger partial charge in [0.1, 0.15) is 5.82 Å². The monoisotopic (exact) mass is 315 g/mol. The highest BCUT2D eigenvalue weighted by atomic mass is 79.9. The fourth-order valence-electron chi connectivity index (χ4n) is 1.80. The van der Waals surface area contributed by atoms with E-state index in [-0.39, 0.29) is 5.56 Å². The zero-order valence-electron chi connectivity index (χ0n) is 10.1. The first-order valence-electron chi connectivity index (χ1n) is 5.76. The van der Waals surface area contributed by atoms with Crippen LogP contribution in [0.1, 0.15) is 10.4 Å². The van der Waals surface area contributed by atoms with Crippen LogP contribution >= 0.6 is 15.9 Å². The van der Waals surface area contributed by atoms with E-state index in [9.17, 15) is 9.18 Å². The molecule has 1 aliphatic rings. The Hall–Kier alpha value is -0.980. The Morgan fingerprint density at radius 3 is 2.61 bits per heavy atom. The number of likely N-dealkylation sites (N-methyl/N-ethyl adjacent to an activating group) is 1. The molecule has 0 radical (unpaired) electrons. The third-order valence-corrected chi connectivity index (χ3v) is 3.43. The van der Waals surface area contributed by atoms with Gasteiger partial charge in [-0.2, -0.15) is 0 Å². The van der Waals surface area contributed by atoms with Gasteiger partial charge in [0.2, 0.25) is 0 Å². The van der Waals surface area contributed by atoms with Gasteiger partial charge < -0.3 is 4.90 Å². The lowest BCUT2D eigenvalue weighted by Gasteiger charge is -2.32. The largest absolute Gasteiger partial charge is 0.304 e. The molecule has 0 atom stereocenters. The first-order valence-corrected chi connectivity index (χ1v) is 6.55. The number of nitrogens with zero attached hydrogens (tertiary/aromatic N) is 2. The summed E-state index contributed by atoms with van der Waals surface area (Å²) in [6.07, 6.45) is 0. The Labute approximate surface area is 114 Å². The predicted molar refractivity (Wildman–Crippen MR) is 70.6 cm³/mol. The summed E-state index contributed by atoms with van der Waals surface area (Å²) in [5, 5.41) is 1.82. The standard InChI is InChI=1S/C12H15BrFN3O/c1-16-4-6-17(7-5-16)15-12(18)10-3-2-9(13)8-11(10)14/h2-3,8H,4-7H2,1H3,(H,15,18). The first kappa shape index (κ1) is 13.5. The van der Waals surface area contributed by atoms with E-state index in [1.54, 1.807) is 6.07 Å². The second-order valence-electron chi connectivity index (χ2n) is 4.36. The van der Waals surface area contributed by atoms with E-state index in [2.05, 4.69) is 26.3 Å². The first-order chi connectivity index (χ1) is 8.56. The molecule has 0 aromatic heterocycles. The topological polar surface area (TPSA) is 35.6 Å². The molecule has 0 unspecified atom stereocenters. The molecule has 0 spiro atoms. The van der Waals surface area contributed by atoms with Crippen molar-refractivity contribution in [2.75, 3.05) is 33.2 Å². The number of halogens is 2. The quantitative estimate of drug-likeness (QED) is 0.898. The molecule has 1 aromatic rings. The van der Waals surface area contributed by atoms with Gasteiger partial charge in [0.25, 0.3) is 5.91 Å². The zero-order valence-corrected chi connectivity index (χ0v) is 11.7. The summed E-state index contributed by atoms with van der Waals surface area (Å²) in [7, 11) is 2.04. The summed E-state index contributed by atoms with van der Waals surface area (Å²) < 4.78 is 14.2. The molecule has 0 bridgehead atoms. The van der Waals surface area contributed by atoms with Crippen LogP contribution in [0.4, 0.5) is 4.39 Å². The van der Waals surface area contributed by atoms with Gasteiger partial charge in [-0.1, -0.05) is 15.9 Å². The molecule has 1 N–H and O–H groups in total. The van der Waals surface area contributed by atoms with Crippen LogP contribution in [0.5, 0.6) is 0 Å². The van der Waals surface area contributed by atoms with Crippen LogP contribution < -0.4 is 5.43 Å². The molecule has 1 aliphatic heterocycles. The normalized spacial score (nSPS) is 17.7.